The average molecular weight is 272 g/mol. The third kappa shape index (κ3) is 4.00. The number of hydrazine groups is 1. The van der Waals surface area contributed by atoms with Crippen LogP contribution in [-0.4, -0.2) is 12.5 Å². The van der Waals surface area contributed by atoms with E-state index in [4.69, 9.17) is 15.3 Å². The van der Waals surface area contributed by atoms with Crippen molar-refractivity contribution < 1.29 is 14.3 Å². The third-order valence-corrected chi connectivity index (χ3v) is 2.61. The molecule has 0 unspecified atom stereocenters. The van der Waals surface area contributed by atoms with Gasteiger partial charge in [-0.05, 0) is 43.3 Å². The van der Waals surface area contributed by atoms with Crippen molar-refractivity contribution >= 4 is 5.91 Å². The SMILES string of the molecule is Cc1ccc(Oc2ccc(OCC(=O)NN)cc2)cc1. The molecule has 0 saturated heterocycles. The fraction of sp³-hybridized carbons (Fsp3) is 0.133. The Balaban J connectivity index is 1.94. The van der Waals surface area contributed by atoms with Crippen LogP contribution in [-0.2, 0) is 4.79 Å². The van der Waals surface area contributed by atoms with Crippen molar-refractivity contribution in [3.05, 3.63) is 54.1 Å². The molecule has 0 heterocycles. The van der Waals surface area contributed by atoms with Crippen molar-refractivity contribution in [3.8, 4) is 17.2 Å². The maximum absolute atomic E-state index is 10.9. The quantitative estimate of drug-likeness (QED) is 0.497. The molecule has 0 bridgehead atoms. The molecule has 2 aromatic carbocycles. The normalized spacial score (nSPS) is 9.90. The molecule has 0 aliphatic carbocycles. The first-order valence-electron chi connectivity index (χ1n) is 6.14. The number of benzene rings is 2. The Morgan fingerprint density at radius 2 is 1.50 bits per heavy atom. The summed E-state index contributed by atoms with van der Waals surface area (Å²) in [5, 5.41) is 0. The van der Waals surface area contributed by atoms with Gasteiger partial charge in [-0.1, -0.05) is 17.7 Å². The van der Waals surface area contributed by atoms with Gasteiger partial charge in [0.2, 0.25) is 0 Å². The molecular formula is C15H16N2O3. The van der Waals surface area contributed by atoms with Gasteiger partial charge in [-0.25, -0.2) is 5.84 Å². The van der Waals surface area contributed by atoms with E-state index in [1.54, 1.807) is 24.3 Å². The molecule has 0 spiro atoms. The van der Waals surface area contributed by atoms with Crippen LogP contribution in [0.3, 0.4) is 0 Å². The van der Waals surface area contributed by atoms with Gasteiger partial charge in [-0.3, -0.25) is 10.2 Å². The van der Waals surface area contributed by atoms with Gasteiger partial charge < -0.3 is 9.47 Å². The smallest absolute Gasteiger partial charge is 0.271 e. The zero-order valence-electron chi connectivity index (χ0n) is 11.1. The number of nitrogens with one attached hydrogen (secondary N) is 1. The molecule has 0 fully saturated rings. The highest BCUT2D eigenvalue weighted by atomic mass is 16.5. The molecule has 0 aliphatic heterocycles. The fourth-order valence-electron chi connectivity index (χ4n) is 1.54. The van der Waals surface area contributed by atoms with Crippen molar-refractivity contribution in [3.63, 3.8) is 0 Å². The number of hydrogen-bond acceptors (Lipinski definition) is 4. The predicted molar refractivity (Wildman–Crippen MR) is 75.5 cm³/mol. The minimum absolute atomic E-state index is 0.116. The molecule has 1 amide bonds. The van der Waals surface area contributed by atoms with Crippen LogP contribution in [0.25, 0.3) is 0 Å². The van der Waals surface area contributed by atoms with E-state index in [9.17, 15) is 4.79 Å². The Morgan fingerprint density at radius 1 is 1.00 bits per heavy atom. The van der Waals surface area contributed by atoms with Crippen molar-refractivity contribution in [1.29, 1.82) is 0 Å². The summed E-state index contributed by atoms with van der Waals surface area (Å²) in [5.41, 5.74) is 3.18. The summed E-state index contributed by atoms with van der Waals surface area (Å²) in [6, 6.07) is 14.8. The maximum Gasteiger partial charge on any atom is 0.271 e. The fourth-order valence-corrected chi connectivity index (χ4v) is 1.54. The summed E-state index contributed by atoms with van der Waals surface area (Å²) in [7, 11) is 0. The van der Waals surface area contributed by atoms with Gasteiger partial charge in [0.05, 0.1) is 0 Å². The number of aryl methyl sites for hydroxylation is 1. The van der Waals surface area contributed by atoms with E-state index in [0.717, 1.165) is 5.75 Å². The minimum atomic E-state index is -0.384. The van der Waals surface area contributed by atoms with Crippen LogP contribution >= 0.6 is 0 Å². The maximum atomic E-state index is 10.9. The number of rotatable bonds is 5. The zero-order valence-corrected chi connectivity index (χ0v) is 11.1. The largest absolute Gasteiger partial charge is 0.484 e. The van der Waals surface area contributed by atoms with Crippen molar-refractivity contribution in [2.45, 2.75) is 6.92 Å². The number of carbonyl (C=O) groups is 1. The first kappa shape index (κ1) is 13.9. The molecular weight excluding hydrogens is 256 g/mol. The van der Waals surface area contributed by atoms with Gasteiger partial charge in [0, 0.05) is 0 Å². The number of amides is 1. The molecule has 3 N–H and O–H groups in total. The van der Waals surface area contributed by atoms with Gasteiger partial charge in [-0.2, -0.15) is 0 Å². The predicted octanol–water partition coefficient (Wildman–Crippen LogP) is 2.16. The van der Waals surface area contributed by atoms with Crippen LogP contribution in [0.5, 0.6) is 17.2 Å². The summed E-state index contributed by atoms with van der Waals surface area (Å²) < 4.78 is 10.9. The Morgan fingerprint density at radius 3 is 2.05 bits per heavy atom. The summed E-state index contributed by atoms with van der Waals surface area (Å²) in [6.45, 7) is 1.90. The Bertz CT molecular complexity index is 565. The molecule has 0 aromatic heterocycles. The number of ether oxygens (including phenoxy) is 2. The molecule has 0 aliphatic rings. The molecule has 20 heavy (non-hydrogen) atoms. The molecule has 5 nitrogen and oxygen atoms in total. The zero-order chi connectivity index (χ0) is 14.4. The van der Waals surface area contributed by atoms with Crippen LogP contribution in [0.15, 0.2) is 48.5 Å². The first-order chi connectivity index (χ1) is 9.67. The van der Waals surface area contributed by atoms with E-state index in [-0.39, 0.29) is 12.5 Å². The lowest BCUT2D eigenvalue weighted by Crippen LogP contribution is -2.34. The standard InChI is InChI=1S/C15H16N2O3/c1-11-2-4-13(5-3-11)20-14-8-6-12(7-9-14)19-10-15(18)17-16/h2-9H,10,16H2,1H3,(H,17,18). The molecule has 2 rings (SSSR count). The molecule has 5 heteroatoms. The van der Waals surface area contributed by atoms with Gasteiger partial charge in [0.15, 0.2) is 6.61 Å². The Hall–Kier alpha value is -2.53. The van der Waals surface area contributed by atoms with Crippen LogP contribution in [0.4, 0.5) is 0 Å². The first-order valence-corrected chi connectivity index (χ1v) is 6.14. The van der Waals surface area contributed by atoms with Crippen molar-refractivity contribution in [1.82, 2.24) is 5.43 Å². The van der Waals surface area contributed by atoms with E-state index in [0.29, 0.717) is 11.5 Å². The van der Waals surface area contributed by atoms with Gasteiger partial charge in [0.25, 0.3) is 5.91 Å². The van der Waals surface area contributed by atoms with Gasteiger partial charge >= 0.3 is 0 Å². The van der Waals surface area contributed by atoms with Crippen LogP contribution in [0, 0.1) is 6.92 Å². The summed E-state index contributed by atoms with van der Waals surface area (Å²) >= 11 is 0. The highest BCUT2D eigenvalue weighted by molar-refractivity contribution is 5.76. The average Bonchev–Trinajstić information content (AvgIpc) is 2.48. The lowest BCUT2D eigenvalue weighted by atomic mass is 10.2. The number of hydrogen-bond donors (Lipinski definition) is 2. The monoisotopic (exact) mass is 272 g/mol. The van der Waals surface area contributed by atoms with E-state index >= 15 is 0 Å². The minimum Gasteiger partial charge on any atom is -0.484 e. The summed E-state index contributed by atoms with van der Waals surface area (Å²) in [4.78, 5) is 10.9. The summed E-state index contributed by atoms with van der Waals surface area (Å²) in [6.07, 6.45) is 0. The summed E-state index contributed by atoms with van der Waals surface area (Å²) in [5.74, 6) is 6.62. The second-order valence-corrected chi connectivity index (χ2v) is 4.24. The second-order valence-electron chi connectivity index (χ2n) is 4.24. The van der Waals surface area contributed by atoms with Gasteiger partial charge in [-0.15, -0.1) is 0 Å². The Kier molecular flexibility index (Phi) is 4.57. The molecule has 2 aromatic rings. The van der Waals surface area contributed by atoms with E-state index < -0.39 is 0 Å². The molecule has 104 valence electrons. The highest BCUT2D eigenvalue weighted by Gasteiger charge is 2.01. The van der Waals surface area contributed by atoms with E-state index in [1.165, 1.54) is 5.56 Å². The second kappa shape index (κ2) is 6.58. The van der Waals surface area contributed by atoms with Crippen LogP contribution in [0.1, 0.15) is 5.56 Å². The molecule has 0 saturated carbocycles. The third-order valence-electron chi connectivity index (χ3n) is 2.61. The number of nitrogens with two attached hydrogens (primary N) is 1. The van der Waals surface area contributed by atoms with Gasteiger partial charge in [0.1, 0.15) is 17.2 Å². The van der Waals surface area contributed by atoms with E-state index in [2.05, 4.69) is 0 Å². The Labute approximate surface area is 117 Å². The molecule has 0 radical (unpaired) electrons. The van der Waals surface area contributed by atoms with Crippen LogP contribution < -0.4 is 20.7 Å². The van der Waals surface area contributed by atoms with Crippen LogP contribution in [0.2, 0.25) is 0 Å². The highest BCUT2D eigenvalue weighted by Crippen LogP contribution is 2.23. The van der Waals surface area contributed by atoms with Crippen molar-refractivity contribution in [2.24, 2.45) is 5.84 Å². The van der Waals surface area contributed by atoms with E-state index in [1.807, 2.05) is 36.6 Å². The lowest BCUT2D eigenvalue weighted by Gasteiger charge is -2.08. The number of carbonyl (C=O) groups excluding carboxylic acids is 1. The lowest BCUT2D eigenvalue weighted by molar-refractivity contribution is -0.123. The topological polar surface area (TPSA) is 73.6 Å². The van der Waals surface area contributed by atoms with Crippen molar-refractivity contribution in [2.75, 3.05) is 6.61 Å². The molecule has 0 atom stereocenters.